The van der Waals surface area contributed by atoms with Gasteiger partial charge in [0.05, 0.1) is 0 Å². The first-order valence-corrected chi connectivity index (χ1v) is 7.42. The highest BCUT2D eigenvalue weighted by Crippen LogP contribution is 2.31. The fourth-order valence-corrected chi connectivity index (χ4v) is 2.66. The number of amides is 1. The molecular formula is C18H17NO4. The molecule has 1 amide bonds. The molecule has 5 nitrogen and oxygen atoms in total. The molecular weight excluding hydrogens is 294 g/mol. The van der Waals surface area contributed by atoms with E-state index >= 15 is 0 Å². The number of benzene rings is 2. The van der Waals surface area contributed by atoms with E-state index in [0.717, 1.165) is 22.9 Å². The van der Waals surface area contributed by atoms with E-state index in [0.29, 0.717) is 0 Å². The van der Waals surface area contributed by atoms with Gasteiger partial charge in [-0.15, -0.1) is 0 Å². The SMILES string of the molecule is C[C@H](NC(=O)OCC1=CCc2cc3ccccc3cc21)C(=O)O. The summed E-state index contributed by atoms with van der Waals surface area (Å²) in [6.45, 7) is 1.52. The van der Waals surface area contributed by atoms with Gasteiger partial charge in [-0.25, -0.2) is 4.79 Å². The number of hydrogen-bond acceptors (Lipinski definition) is 3. The van der Waals surface area contributed by atoms with Crippen LogP contribution in [-0.2, 0) is 16.0 Å². The van der Waals surface area contributed by atoms with Crippen LogP contribution in [0.25, 0.3) is 16.3 Å². The van der Waals surface area contributed by atoms with Crippen LogP contribution in [0, 0.1) is 0 Å². The van der Waals surface area contributed by atoms with Crippen LogP contribution in [0.4, 0.5) is 4.79 Å². The first-order chi connectivity index (χ1) is 11.0. The Balaban J connectivity index is 1.69. The lowest BCUT2D eigenvalue weighted by molar-refractivity contribution is -0.138. The van der Waals surface area contributed by atoms with E-state index in [4.69, 9.17) is 9.84 Å². The molecule has 118 valence electrons. The summed E-state index contributed by atoms with van der Waals surface area (Å²) in [4.78, 5) is 22.3. The normalized spacial score (nSPS) is 14.0. The Kier molecular flexibility index (Phi) is 4.02. The predicted molar refractivity (Wildman–Crippen MR) is 87.2 cm³/mol. The number of rotatable bonds is 4. The first-order valence-electron chi connectivity index (χ1n) is 7.42. The summed E-state index contributed by atoms with van der Waals surface area (Å²) in [5.41, 5.74) is 3.24. The van der Waals surface area contributed by atoms with Gasteiger partial charge in [-0.1, -0.05) is 36.4 Å². The fraction of sp³-hybridized carbons (Fsp3) is 0.222. The number of alkyl carbamates (subject to hydrolysis) is 1. The van der Waals surface area contributed by atoms with Gasteiger partial charge in [0.1, 0.15) is 12.6 Å². The number of aliphatic carboxylic acids is 1. The van der Waals surface area contributed by atoms with Gasteiger partial charge < -0.3 is 15.2 Å². The highest BCUT2D eigenvalue weighted by molar-refractivity contribution is 5.90. The number of nitrogens with one attached hydrogen (secondary N) is 1. The molecule has 0 saturated carbocycles. The number of carbonyl (C=O) groups excluding carboxylic acids is 1. The van der Waals surface area contributed by atoms with Crippen LogP contribution in [0.1, 0.15) is 18.1 Å². The van der Waals surface area contributed by atoms with Crippen LogP contribution >= 0.6 is 0 Å². The van der Waals surface area contributed by atoms with Gasteiger partial charge in [0, 0.05) is 0 Å². The minimum absolute atomic E-state index is 0.128. The fourth-order valence-electron chi connectivity index (χ4n) is 2.66. The van der Waals surface area contributed by atoms with Crippen LogP contribution in [0.3, 0.4) is 0 Å². The van der Waals surface area contributed by atoms with Gasteiger partial charge in [0.15, 0.2) is 0 Å². The Labute approximate surface area is 133 Å². The summed E-state index contributed by atoms with van der Waals surface area (Å²) >= 11 is 0. The molecule has 0 heterocycles. The highest BCUT2D eigenvalue weighted by Gasteiger charge is 2.18. The lowest BCUT2D eigenvalue weighted by Gasteiger charge is -2.12. The van der Waals surface area contributed by atoms with Crippen LogP contribution in [0.15, 0.2) is 42.5 Å². The van der Waals surface area contributed by atoms with Gasteiger partial charge >= 0.3 is 12.1 Å². The van der Waals surface area contributed by atoms with Crippen molar-refractivity contribution in [1.29, 1.82) is 0 Å². The van der Waals surface area contributed by atoms with Gasteiger partial charge in [-0.05, 0) is 46.9 Å². The maximum Gasteiger partial charge on any atom is 0.408 e. The Hall–Kier alpha value is -2.82. The monoisotopic (exact) mass is 311 g/mol. The second-order valence-corrected chi connectivity index (χ2v) is 5.57. The summed E-state index contributed by atoms with van der Waals surface area (Å²) in [7, 11) is 0. The molecule has 0 spiro atoms. The largest absolute Gasteiger partial charge is 0.480 e. The predicted octanol–water partition coefficient (Wildman–Crippen LogP) is 2.98. The maximum absolute atomic E-state index is 11.6. The Morgan fingerprint density at radius 2 is 1.96 bits per heavy atom. The first kappa shape index (κ1) is 15.1. The zero-order chi connectivity index (χ0) is 16.4. The molecule has 3 rings (SSSR count). The van der Waals surface area contributed by atoms with Crippen LogP contribution in [-0.4, -0.2) is 29.8 Å². The molecule has 23 heavy (non-hydrogen) atoms. The number of carboxylic acids is 1. The molecule has 0 aliphatic heterocycles. The summed E-state index contributed by atoms with van der Waals surface area (Å²) in [5, 5.41) is 13.4. The van der Waals surface area contributed by atoms with Crippen LogP contribution in [0.2, 0.25) is 0 Å². The number of hydrogen-bond donors (Lipinski definition) is 2. The molecule has 0 radical (unpaired) electrons. The maximum atomic E-state index is 11.6. The van der Waals surface area contributed by atoms with Crippen molar-refractivity contribution in [3.8, 4) is 0 Å². The quantitative estimate of drug-likeness (QED) is 0.910. The third-order valence-corrected chi connectivity index (χ3v) is 3.95. The standard InChI is InChI=1S/C18H17NO4/c1-11(17(20)21)19-18(22)23-10-15-7-6-14-8-12-4-2-3-5-13(12)9-16(14)15/h2-5,7-9,11H,6,10H2,1H3,(H,19,22)(H,20,21)/t11-/m0/s1. The van der Waals surface area contributed by atoms with Crippen molar-refractivity contribution in [3.05, 3.63) is 53.6 Å². The van der Waals surface area contributed by atoms with E-state index in [1.165, 1.54) is 17.9 Å². The topological polar surface area (TPSA) is 75.6 Å². The molecule has 0 aromatic heterocycles. The minimum atomic E-state index is -1.10. The molecule has 1 atom stereocenters. The molecule has 0 unspecified atom stereocenters. The number of allylic oxidation sites excluding steroid dienone is 1. The van der Waals surface area contributed by atoms with Crippen molar-refractivity contribution >= 4 is 28.4 Å². The summed E-state index contributed by atoms with van der Waals surface area (Å²) < 4.78 is 5.13. The van der Waals surface area contributed by atoms with Crippen molar-refractivity contribution in [2.45, 2.75) is 19.4 Å². The van der Waals surface area contributed by atoms with E-state index < -0.39 is 18.1 Å². The van der Waals surface area contributed by atoms with Gasteiger partial charge in [0.25, 0.3) is 0 Å². The van der Waals surface area contributed by atoms with E-state index in [2.05, 4.69) is 23.5 Å². The molecule has 5 heteroatoms. The average molecular weight is 311 g/mol. The zero-order valence-electron chi connectivity index (χ0n) is 12.7. The lowest BCUT2D eigenvalue weighted by atomic mass is 10.00. The van der Waals surface area contributed by atoms with Crippen molar-refractivity contribution < 1.29 is 19.4 Å². The summed E-state index contributed by atoms with van der Waals surface area (Å²) in [6, 6.07) is 11.4. The van der Waals surface area contributed by atoms with Gasteiger partial charge in [0.2, 0.25) is 0 Å². The summed E-state index contributed by atoms with van der Waals surface area (Å²) in [6.07, 6.45) is 2.12. The third kappa shape index (κ3) is 3.18. The van der Waals surface area contributed by atoms with Crippen molar-refractivity contribution in [2.24, 2.45) is 0 Å². The van der Waals surface area contributed by atoms with E-state index in [1.54, 1.807) is 0 Å². The Bertz CT molecular complexity index is 810. The lowest BCUT2D eigenvalue weighted by Crippen LogP contribution is -2.38. The summed E-state index contributed by atoms with van der Waals surface area (Å²) in [5.74, 6) is -1.10. The van der Waals surface area contributed by atoms with Gasteiger partial charge in [-0.3, -0.25) is 4.79 Å². The molecule has 0 saturated heterocycles. The minimum Gasteiger partial charge on any atom is -0.480 e. The Morgan fingerprint density at radius 1 is 1.26 bits per heavy atom. The molecule has 0 fully saturated rings. The van der Waals surface area contributed by atoms with Crippen LogP contribution < -0.4 is 5.32 Å². The smallest absolute Gasteiger partial charge is 0.408 e. The van der Waals surface area contributed by atoms with E-state index in [1.807, 2.05) is 24.3 Å². The van der Waals surface area contributed by atoms with E-state index in [9.17, 15) is 9.59 Å². The van der Waals surface area contributed by atoms with Crippen molar-refractivity contribution in [1.82, 2.24) is 5.32 Å². The van der Waals surface area contributed by atoms with Crippen molar-refractivity contribution in [3.63, 3.8) is 0 Å². The van der Waals surface area contributed by atoms with Crippen LogP contribution in [0.5, 0.6) is 0 Å². The highest BCUT2D eigenvalue weighted by atomic mass is 16.5. The average Bonchev–Trinajstić information content (AvgIpc) is 2.92. The second kappa shape index (κ2) is 6.12. The number of fused-ring (bicyclic) bond motifs is 2. The van der Waals surface area contributed by atoms with E-state index in [-0.39, 0.29) is 6.61 Å². The zero-order valence-corrected chi connectivity index (χ0v) is 12.7. The molecule has 1 aliphatic carbocycles. The molecule has 0 bridgehead atoms. The number of carboxylic acid groups (broad SMARTS) is 1. The molecule has 2 N–H and O–H groups in total. The molecule has 2 aromatic carbocycles. The third-order valence-electron chi connectivity index (χ3n) is 3.95. The Morgan fingerprint density at radius 3 is 2.65 bits per heavy atom. The molecule has 2 aromatic rings. The molecule has 1 aliphatic rings. The van der Waals surface area contributed by atoms with Crippen molar-refractivity contribution in [2.75, 3.05) is 6.61 Å². The van der Waals surface area contributed by atoms with Gasteiger partial charge in [-0.2, -0.15) is 0 Å². The second-order valence-electron chi connectivity index (χ2n) is 5.57. The number of carbonyl (C=O) groups is 2. The number of ether oxygens (including phenoxy) is 1.